The summed E-state index contributed by atoms with van der Waals surface area (Å²) in [5.74, 6) is -0.676. The number of nitrogens with zero attached hydrogens (tertiary/aromatic N) is 1. The van der Waals surface area contributed by atoms with Crippen LogP contribution in [0.3, 0.4) is 0 Å². The first kappa shape index (κ1) is 16.9. The van der Waals surface area contributed by atoms with Gasteiger partial charge in [-0.1, -0.05) is 13.0 Å². The third-order valence-corrected chi connectivity index (χ3v) is 3.02. The van der Waals surface area contributed by atoms with E-state index in [1.165, 1.54) is 12.1 Å². The second kappa shape index (κ2) is 6.36. The zero-order valence-corrected chi connectivity index (χ0v) is 13.5. The molecule has 0 saturated carbocycles. The Morgan fingerprint density at radius 2 is 2.13 bits per heavy atom. The lowest BCUT2D eigenvalue weighted by Gasteiger charge is -2.22. The summed E-state index contributed by atoms with van der Waals surface area (Å²) in [4.78, 5) is 28.0. The molecule has 0 bridgehead atoms. The lowest BCUT2D eigenvalue weighted by molar-refractivity contribution is 0.0493. The average molecular weight is 322 g/mol. The van der Waals surface area contributed by atoms with Gasteiger partial charge in [0.25, 0.3) is 0 Å². The standard InChI is InChI=1S/C16H19FN2O4/c1-5-10(19-15(21)23-16(2,3)4)13-18-11-8-6-7-9(17)12(11)14(20)22-13/h6-8,10H,5H2,1-4H3,(H,19,21). The Morgan fingerprint density at radius 1 is 1.43 bits per heavy atom. The predicted octanol–water partition coefficient (Wildman–Crippen LogP) is 3.30. The first-order chi connectivity index (χ1) is 10.7. The molecule has 1 atom stereocenters. The molecule has 1 aromatic carbocycles. The second-order valence-corrected chi connectivity index (χ2v) is 6.08. The monoisotopic (exact) mass is 322 g/mol. The maximum atomic E-state index is 13.7. The SMILES string of the molecule is CCC(NC(=O)OC(C)(C)C)c1nc2cccc(F)c2c(=O)o1. The highest BCUT2D eigenvalue weighted by Crippen LogP contribution is 2.18. The zero-order valence-electron chi connectivity index (χ0n) is 13.5. The smallest absolute Gasteiger partial charge is 0.408 e. The van der Waals surface area contributed by atoms with E-state index < -0.39 is 29.2 Å². The summed E-state index contributed by atoms with van der Waals surface area (Å²) in [6.45, 7) is 7.01. The van der Waals surface area contributed by atoms with E-state index in [0.29, 0.717) is 6.42 Å². The molecule has 0 aliphatic carbocycles. The van der Waals surface area contributed by atoms with Gasteiger partial charge in [0, 0.05) is 0 Å². The van der Waals surface area contributed by atoms with Crippen molar-refractivity contribution in [3.8, 4) is 0 Å². The van der Waals surface area contributed by atoms with Gasteiger partial charge >= 0.3 is 11.7 Å². The number of alkyl carbamates (subject to hydrolysis) is 1. The van der Waals surface area contributed by atoms with Crippen LogP contribution in [0.4, 0.5) is 9.18 Å². The molecule has 1 unspecified atom stereocenters. The molecule has 0 spiro atoms. The van der Waals surface area contributed by atoms with E-state index in [4.69, 9.17) is 9.15 Å². The summed E-state index contributed by atoms with van der Waals surface area (Å²) >= 11 is 0. The van der Waals surface area contributed by atoms with Crippen molar-refractivity contribution in [2.75, 3.05) is 0 Å². The van der Waals surface area contributed by atoms with Crippen LogP contribution in [0, 0.1) is 5.82 Å². The van der Waals surface area contributed by atoms with Gasteiger partial charge in [0.2, 0.25) is 5.89 Å². The highest BCUT2D eigenvalue weighted by atomic mass is 19.1. The Kier molecular flexibility index (Phi) is 4.68. The fraction of sp³-hybridized carbons (Fsp3) is 0.438. The Hall–Kier alpha value is -2.44. The van der Waals surface area contributed by atoms with Gasteiger partial charge in [0.15, 0.2) is 0 Å². The Labute approximate surface area is 132 Å². The molecule has 0 aliphatic rings. The number of hydrogen-bond donors (Lipinski definition) is 1. The third-order valence-electron chi connectivity index (χ3n) is 3.02. The molecule has 7 heteroatoms. The van der Waals surface area contributed by atoms with Gasteiger partial charge in [0.05, 0.1) is 5.52 Å². The largest absolute Gasteiger partial charge is 0.444 e. The summed E-state index contributed by atoms with van der Waals surface area (Å²) in [5.41, 5.74) is -1.29. The summed E-state index contributed by atoms with van der Waals surface area (Å²) in [5, 5.41) is 2.39. The lowest BCUT2D eigenvalue weighted by Crippen LogP contribution is -2.35. The molecule has 1 heterocycles. The highest BCUT2D eigenvalue weighted by molar-refractivity contribution is 5.77. The number of carbonyl (C=O) groups is 1. The number of rotatable bonds is 3. The van der Waals surface area contributed by atoms with Gasteiger partial charge in [0.1, 0.15) is 22.8 Å². The molecule has 23 heavy (non-hydrogen) atoms. The minimum absolute atomic E-state index is 0.0152. The number of benzene rings is 1. The molecular weight excluding hydrogens is 303 g/mol. The van der Waals surface area contributed by atoms with Crippen LogP contribution in [0.5, 0.6) is 0 Å². The molecule has 1 amide bonds. The van der Waals surface area contributed by atoms with Crippen LogP contribution in [-0.4, -0.2) is 16.7 Å². The van der Waals surface area contributed by atoms with Crippen molar-refractivity contribution in [2.24, 2.45) is 0 Å². The van der Waals surface area contributed by atoms with Crippen LogP contribution < -0.4 is 10.9 Å². The molecule has 2 rings (SSSR count). The van der Waals surface area contributed by atoms with Crippen LogP contribution in [-0.2, 0) is 4.74 Å². The first-order valence-electron chi connectivity index (χ1n) is 7.30. The predicted molar refractivity (Wildman–Crippen MR) is 82.6 cm³/mol. The van der Waals surface area contributed by atoms with Crippen molar-refractivity contribution in [2.45, 2.75) is 45.8 Å². The van der Waals surface area contributed by atoms with E-state index in [-0.39, 0.29) is 16.8 Å². The molecular formula is C16H19FN2O4. The Bertz CT molecular complexity index is 780. The van der Waals surface area contributed by atoms with E-state index in [1.807, 2.05) is 0 Å². The summed E-state index contributed by atoms with van der Waals surface area (Å²) in [7, 11) is 0. The lowest BCUT2D eigenvalue weighted by atomic mass is 10.2. The van der Waals surface area contributed by atoms with Crippen molar-refractivity contribution in [3.63, 3.8) is 0 Å². The average Bonchev–Trinajstić information content (AvgIpc) is 2.42. The van der Waals surface area contributed by atoms with Gasteiger partial charge < -0.3 is 14.5 Å². The number of ether oxygens (including phenoxy) is 1. The quantitative estimate of drug-likeness (QED) is 0.937. The van der Waals surface area contributed by atoms with Gasteiger partial charge in [-0.2, -0.15) is 0 Å². The number of aromatic nitrogens is 1. The Balaban J connectivity index is 2.34. The summed E-state index contributed by atoms with van der Waals surface area (Å²) in [6.07, 6.45) is -0.219. The number of halogens is 1. The van der Waals surface area contributed by atoms with E-state index >= 15 is 0 Å². The summed E-state index contributed by atoms with van der Waals surface area (Å²) < 4.78 is 23.9. The van der Waals surface area contributed by atoms with Crippen molar-refractivity contribution in [1.82, 2.24) is 10.3 Å². The number of carbonyl (C=O) groups excluding carboxylic acids is 1. The molecule has 1 N–H and O–H groups in total. The number of hydrogen-bond acceptors (Lipinski definition) is 5. The van der Waals surface area contributed by atoms with Crippen LogP contribution >= 0.6 is 0 Å². The molecule has 1 aromatic heterocycles. The van der Waals surface area contributed by atoms with Crippen molar-refractivity contribution >= 4 is 17.0 Å². The number of fused-ring (bicyclic) bond motifs is 1. The minimum atomic E-state index is -0.826. The van der Waals surface area contributed by atoms with Gasteiger partial charge in [-0.3, -0.25) is 0 Å². The molecule has 0 saturated heterocycles. The van der Waals surface area contributed by atoms with Crippen molar-refractivity contribution in [1.29, 1.82) is 0 Å². The molecule has 0 radical (unpaired) electrons. The van der Waals surface area contributed by atoms with Crippen molar-refractivity contribution in [3.05, 3.63) is 40.3 Å². The first-order valence-corrected chi connectivity index (χ1v) is 7.30. The molecule has 6 nitrogen and oxygen atoms in total. The van der Waals surface area contributed by atoms with Crippen LogP contribution in [0.25, 0.3) is 10.9 Å². The minimum Gasteiger partial charge on any atom is -0.444 e. The highest BCUT2D eigenvalue weighted by Gasteiger charge is 2.23. The van der Waals surface area contributed by atoms with Gasteiger partial charge in [-0.05, 0) is 39.3 Å². The Morgan fingerprint density at radius 3 is 2.74 bits per heavy atom. The topological polar surface area (TPSA) is 81.4 Å². The zero-order chi connectivity index (χ0) is 17.2. The maximum absolute atomic E-state index is 13.7. The third kappa shape index (κ3) is 4.06. The normalized spacial score (nSPS) is 12.9. The van der Waals surface area contributed by atoms with E-state index in [9.17, 15) is 14.0 Å². The summed E-state index contributed by atoms with van der Waals surface area (Å²) in [6, 6.07) is 3.48. The fourth-order valence-corrected chi connectivity index (χ4v) is 2.03. The van der Waals surface area contributed by atoms with Crippen LogP contribution in [0.1, 0.15) is 46.0 Å². The molecule has 2 aromatic rings. The number of nitrogens with one attached hydrogen (secondary N) is 1. The van der Waals surface area contributed by atoms with Crippen LogP contribution in [0.2, 0.25) is 0 Å². The van der Waals surface area contributed by atoms with E-state index in [0.717, 1.165) is 6.07 Å². The van der Waals surface area contributed by atoms with Gasteiger partial charge in [-0.25, -0.2) is 19.0 Å². The van der Waals surface area contributed by atoms with Crippen molar-refractivity contribution < 1.29 is 18.3 Å². The second-order valence-electron chi connectivity index (χ2n) is 6.08. The van der Waals surface area contributed by atoms with Crippen LogP contribution in [0.15, 0.2) is 27.4 Å². The van der Waals surface area contributed by atoms with Gasteiger partial charge in [-0.15, -0.1) is 0 Å². The molecule has 124 valence electrons. The van der Waals surface area contributed by atoms with E-state index in [1.54, 1.807) is 27.7 Å². The molecule has 0 aliphatic heterocycles. The molecule has 0 fully saturated rings. The fourth-order valence-electron chi connectivity index (χ4n) is 2.03. The van der Waals surface area contributed by atoms with E-state index in [2.05, 4.69) is 10.3 Å². The number of amides is 1. The maximum Gasteiger partial charge on any atom is 0.408 e.